The van der Waals surface area contributed by atoms with Crippen LogP contribution in [0, 0.1) is 5.92 Å². The SMILES string of the molecule is O=C1CNCC1Cc1cccc(O)c1. The summed E-state index contributed by atoms with van der Waals surface area (Å²) in [6, 6.07) is 7.09. The maximum Gasteiger partial charge on any atom is 0.151 e. The van der Waals surface area contributed by atoms with E-state index in [1.807, 2.05) is 6.07 Å². The molecule has 2 N–H and O–H groups in total. The molecule has 1 aromatic carbocycles. The number of nitrogens with one attached hydrogen (secondary N) is 1. The molecule has 2 rings (SSSR count). The monoisotopic (exact) mass is 191 g/mol. The van der Waals surface area contributed by atoms with Crippen molar-refractivity contribution in [3.63, 3.8) is 0 Å². The number of carbonyl (C=O) groups excluding carboxylic acids is 1. The maximum absolute atomic E-state index is 11.3. The quantitative estimate of drug-likeness (QED) is 0.724. The molecule has 14 heavy (non-hydrogen) atoms. The van der Waals surface area contributed by atoms with E-state index < -0.39 is 0 Å². The van der Waals surface area contributed by atoms with Gasteiger partial charge in [0, 0.05) is 12.5 Å². The molecule has 1 saturated heterocycles. The zero-order valence-electron chi connectivity index (χ0n) is 7.86. The first-order chi connectivity index (χ1) is 6.75. The number of phenols is 1. The second kappa shape index (κ2) is 3.80. The first-order valence-electron chi connectivity index (χ1n) is 4.77. The summed E-state index contributed by atoms with van der Waals surface area (Å²) >= 11 is 0. The largest absolute Gasteiger partial charge is 0.508 e. The topological polar surface area (TPSA) is 49.3 Å². The Kier molecular flexibility index (Phi) is 2.50. The molecule has 0 aliphatic carbocycles. The van der Waals surface area contributed by atoms with Crippen LogP contribution in [0.1, 0.15) is 5.56 Å². The summed E-state index contributed by atoms with van der Waals surface area (Å²) in [7, 11) is 0. The van der Waals surface area contributed by atoms with Crippen molar-refractivity contribution in [2.45, 2.75) is 6.42 Å². The molecule has 3 nitrogen and oxygen atoms in total. The minimum atomic E-state index is 0.0804. The second-order valence-electron chi connectivity index (χ2n) is 3.67. The molecule has 1 unspecified atom stereocenters. The Hall–Kier alpha value is -1.35. The van der Waals surface area contributed by atoms with Gasteiger partial charge in [-0.1, -0.05) is 12.1 Å². The van der Waals surface area contributed by atoms with Crippen molar-refractivity contribution in [3.05, 3.63) is 29.8 Å². The fourth-order valence-electron chi connectivity index (χ4n) is 1.78. The molecule has 0 radical (unpaired) electrons. The Morgan fingerprint density at radius 2 is 2.36 bits per heavy atom. The first kappa shape index (κ1) is 9.21. The molecular weight excluding hydrogens is 178 g/mol. The van der Waals surface area contributed by atoms with Crippen LogP contribution in [0.4, 0.5) is 0 Å². The third-order valence-electron chi connectivity index (χ3n) is 2.54. The molecule has 74 valence electrons. The van der Waals surface area contributed by atoms with Crippen molar-refractivity contribution < 1.29 is 9.90 Å². The van der Waals surface area contributed by atoms with Gasteiger partial charge in [-0.05, 0) is 24.1 Å². The standard InChI is InChI=1S/C11H13NO2/c13-10-3-1-2-8(5-10)4-9-6-12-7-11(9)14/h1-3,5,9,12-13H,4,6-7H2. The lowest BCUT2D eigenvalue weighted by Gasteiger charge is -2.06. The number of rotatable bonds is 2. The number of hydrogen-bond donors (Lipinski definition) is 2. The van der Waals surface area contributed by atoms with Gasteiger partial charge in [-0.15, -0.1) is 0 Å². The summed E-state index contributed by atoms with van der Waals surface area (Å²) in [5, 5.41) is 12.3. The highest BCUT2D eigenvalue weighted by Crippen LogP contribution is 2.16. The molecule has 0 saturated carbocycles. The summed E-state index contributed by atoms with van der Waals surface area (Å²) in [5.74, 6) is 0.617. The molecule has 1 fully saturated rings. The van der Waals surface area contributed by atoms with E-state index in [4.69, 9.17) is 0 Å². The molecule has 3 heteroatoms. The summed E-state index contributed by atoms with van der Waals surface area (Å²) < 4.78 is 0. The number of Topliss-reactive ketones (excluding diaryl/α,β-unsaturated/α-hetero) is 1. The predicted molar refractivity (Wildman–Crippen MR) is 53.2 cm³/mol. The fourth-order valence-corrected chi connectivity index (χ4v) is 1.78. The van der Waals surface area contributed by atoms with Gasteiger partial charge >= 0.3 is 0 Å². The van der Waals surface area contributed by atoms with Crippen LogP contribution in [0.3, 0.4) is 0 Å². The molecular formula is C11H13NO2. The fraction of sp³-hybridized carbons (Fsp3) is 0.364. The van der Waals surface area contributed by atoms with Gasteiger partial charge in [-0.2, -0.15) is 0 Å². The molecule has 1 aliphatic heterocycles. The van der Waals surface area contributed by atoms with E-state index >= 15 is 0 Å². The van der Waals surface area contributed by atoms with Crippen LogP contribution in [0.15, 0.2) is 24.3 Å². The molecule has 0 bridgehead atoms. The molecule has 1 aliphatic rings. The van der Waals surface area contributed by atoms with Crippen molar-refractivity contribution >= 4 is 5.78 Å². The van der Waals surface area contributed by atoms with Gasteiger partial charge in [-0.25, -0.2) is 0 Å². The lowest BCUT2D eigenvalue weighted by molar-refractivity contribution is -0.119. The Bertz CT molecular complexity index is 349. The Morgan fingerprint density at radius 1 is 1.50 bits per heavy atom. The number of carbonyl (C=O) groups is 1. The third-order valence-corrected chi connectivity index (χ3v) is 2.54. The Balaban J connectivity index is 2.07. The highest BCUT2D eigenvalue weighted by molar-refractivity contribution is 5.85. The number of ketones is 1. The average molecular weight is 191 g/mol. The minimum Gasteiger partial charge on any atom is -0.508 e. The molecule has 0 amide bonds. The normalized spacial score (nSPS) is 21.4. The summed E-state index contributed by atoms with van der Waals surface area (Å²) in [6.07, 6.45) is 0.722. The van der Waals surface area contributed by atoms with Gasteiger partial charge in [0.2, 0.25) is 0 Å². The number of hydrogen-bond acceptors (Lipinski definition) is 3. The van der Waals surface area contributed by atoms with Gasteiger partial charge in [0.15, 0.2) is 5.78 Å². The lowest BCUT2D eigenvalue weighted by atomic mass is 9.98. The zero-order chi connectivity index (χ0) is 9.97. The first-order valence-corrected chi connectivity index (χ1v) is 4.77. The predicted octanol–water partition coefficient (Wildman–Crippen LogP) is 0.723. The average Bonchev–Trinajstić information content (AvgIpc) is 2.52. The van der Waals surface area contributed by atoms with Crippen LogP contribution in [0.5, 0.6) is 5.75 Å². The minimum absolute atomic E-state index is 0.0804. The Morgan fingerprint density at radius 3 is 3.00 bits per heavy atom. The summed E-state index contributed by atoms with van der Waals surface area (Å²) in [6.45, 7) is 1.25. The number of aromatic hydroxyl groups is 1. The van der Waals surface area contributed by atoms with Gasteiger partial charge in [0.25, 0.3) is 0 Å². The smallest absolute Gasteiger partial charge is 0.151 e. The number of benzene rings is 1. The van der Waals surface area contributed by atoms with E-state index in [0.717, 1.165) is 18.5 Å². The Labute approximate surface area is 82.8 Å². The lowest BCUT2D eigenvalue weighted by Crippen LogP contribution is -2.14. The molecule has 1 heterocycles. The van der Waals surface area contributed by atoms with E-state index in [1.54, 1.807) is 18.2 Å². The van der Waals surface area contributed by atoms with Crippen LogP contribution in [-0.2, 0) is 11.2 Å². The van der Waals surface area contributed by atoms with Gasteiger partial charge in [0.05, 0.1) is 6.54 Å². The third kappa shape index (κ3) is 1.93. The second-order valence-corrected chi connectivity index (χ2v) is 3.67. The summed E-state index contributed by atoms with van der Waals surface area (Å²) in [5.41, 5.74) is 1.02. The maximum atomic E-state index is 11.3. The van der Waals surface area contributed by atoms with E-state index in [0.29, 0.717) is 6.54 Å². The van der Waals surface area contributed by atoms with Gasteiger partial charge < -0.3 is 10.4 Å². The van der Waals surface area contributed by atoms with Crippen molar-refractivity contribution in [1.82, 2.24) is 5.32 Å². The highest BCUT2D eigenvalue weighted by atomic mass is 16.3. The van der Waals surface area contributed by atoms with E-state index in [2.05, 4.69) is 5.32 Å². The van der Waals surface area contributed by atoms with Crippen molar-refractivity contribution in [3.8, 4) is 5.75 Å². The molecule has 0 spiro atoms. The van der Waals surface area contributed by atoms with Gasteiger partial charge in [0.1, 0.15) is 5.75 Å². The van der Waals surface area contributed by atoms with Crippen LogP contribution in [0.25, 0.3) is 0 Å². The van der Waals surface area contributed by atoms with Gasteiger partial charge in [-0.3, -0.25) is 4.79 Å². The van der Waals surface area contributed by atoms with E-state index in [-0.39, 0.29) is 17.5 Å². The van der Waals surface area contributed by atoms with Crippen LogP contribution >= 0.6 is 0 Å². The van der Waals surface area contributed by atoms with Crippen LogP contribution in [0.2, 0.25) is 0 Å². The molecule has 1 atom stereocenters. The van der Waals surface area contributed by atoms with E-state index in [9.17, 15) is 9.90 Å². The molecule has 0 aromatic heterocycles. The summed E-state index contributed by atoms with van der Waals surface area (Å²) in [4.78, 5) is 11.3. The molecule has 1 aromatic rings. The van der Waals surface area contributed by atoms with Crippen LogP contribution < -0.4 is 5.32 Å². The van der Waals surface area contributed by atoms with E-state index in [1.165, 1.54) is 0 Å². The number of phenolic OH excluding ortho intramolecular Hbond substituents is 1. The van der Waals surface area contributed by atoms with Crippen molar-refractivity contribution in [1.29, 1.82) is 0 Å². The van der Waals surface area contributed by atoms with Crippen molar-refractivity contribution in [2.24, 2.45) is 5.92 Å². The van der Waals surface area contributed by atoms with Crippen molar-refractivity contribution in [2.75, 3.05) is 13.1 Å². The van der Waals surface area contributed by atoms with Crippen LogP contribution in [-0.4, -0.2) is 24.0 Å². The zero-order valence-corrected chi connectivity index (χ0v) is 7.86. The highest BCUT2D eigenvalue weighted by Gasteiger charge is 2.23.